The molecule has 2 rings (SSSR count). The summed E-state index contributed by atoms with van der Waals surface area (Å²) in [6, 6.07) is 1.59. The number of likely N-dealkylation sites (N-methyl/N-ethyl adjacent to an activating group) is 1. The van der Waals surface area contributed by atoms with Crippen molar-refractivity contribution >= 4 is 0 Å². The Hall–Kier alpha value is -0.120. The molecular formula is C10H21N3. The fraction of sp³-hybridized carbons (Fsp3) is 1.00. The second-order valence-corrected chi connectivity index (χ2v) is 4.77. The predicted octanol–water partition coefficient (Wildman–Crippen LogP) is -0.160. The molecule has 2 saturated heterocycles. The van der Waals surface area contributed by atoms with E-state index >= 15 is 0 Å². The van der Waals surface area contributed by atoms with E-state index in [0.717, 1.165) is 18.0 Å². The van der Waals surface area contributed by atoms with Gasteiger partial charge in [-0.25, -0.2) is 0 Å². The standard InChI is InChI=1S/C10H21N3/c1-8-6-13(9-4-11-5-9)7-10(8)12(2)3/h8-11H,4-7H2,1-3H3. The molecule has 2 unspecified atom stereocenters. The molecule has 0 aromatic carbocycles. The van der Waals surface area contributed by atoms with Crippen LogP contribution in [0.2, 0.25) is 0 Å². The van der Waals surface area contributed by atoms with Crippen LogP contribution in [0.1, 0.15) is 6.92 Å². The molecule has 0 radical (unpaired) electrons. The van der Waals surface area contributed by atoms with E-state index in [4.69, 9.17) is 0 Å². The minimum Gasteiger partial charge on any atom is -0.314 e. The molecule has 0 aromatic rings. The maximum absolute atomic E-state index is 3.34. The summed E-state index contributed by atoms with van der Waals surface area (Å²) in [6.45, 7) is 7.33. The summed E-state index contributed by atoms with van der Waals surface area (Å²) >= 11 is 0. The van der Waals surface area contributed by atoms with Gasteiger partial charge in [0.25, 0.3) is 0 Å². The Morgan fingerprint density at radius 1 is 1.23 bits per heavy atom. The first-order valence-corrected chi connectivity index (χ1v) is 5.29. The molecule has 2 fully saturated rings. The van der Waals surface area contributed by atoms with E-state index in [1.165, 1.54) is 26.2 Å². The van der Waals surface area contributed by atoms with Crippen LogP contribution < -0.4 is 5.32 Å². The van der Waals surface area contributed by atoms with E-state index in [0.29, 0.717) is 0 Å². The topological polar surface area (TPSA) is 18.5 Å². The maximum atomic E-state index is 3.34. The van der Waals surface area contributed by atoms with Crippen LogP contribution in [0.4, 0.5) is 0 Å². The van der Waals surface area contributed by atoms with E-state index in [2.05, 4.69) is 36.1 Å². The lowest BCUT2D eigenvalue weighted by Gasteiger charge is -2.35. The summed E-state index contributed by atoms with van der Waals surface area (Å²) in [6.07, 6.45) is 0. The number of nitrogens with one attached hydrogen (secondary N) is 1. The largest absolute Gasteiger partial charge is 0.314 e. The zero-order valence-corrected chi connectivity index (χ0v) is 8.95. The first kappa shape index (κ1) is 9.44. The Kier molecular flexibility index (Phi) is 2.58. The molecule has 0 saturated carbocycles. The van der Waals surface area contributed by atoms with Gasteiger partial charge in [-0.15, -0.1) is 0 Å². The highest BCUT2D eigenvalue weighted by Crippen LogP contribution is 2.22. The van der Waals surface area contributed by atoms with Gasteiger partial charge in [0, 0.05) is 38.3 Å². The van der Waals surface area contributed by atoms with Gasteiger partial charge in [0.15, 0.2) is 0 Å². The summed E-state index contributed by atoms with van der Waals surface area (Å²) in [7, 11) is 4.40. The van der Waals surface area contributed by atoms with Gasteiger partial charge >= 0.3 is 0 Å². The molecule has 0 aliphatic carbocycles. The Morgan fingerprint density at radius 2 is 1.92 bits per heavy atom. The Labute approximate surface area is 81.1 Å². The van der Waals surface area contributed by atoms with Crippen LogP contribution in [0.3, 0.4) is 0 Å². The zero-order chi connectivity index (χ0) is 9.42. The van der Waals surface area contributed by atoms with Crippen LogP contribution in [0, 0.1) is 5.92 Å². The number of rotatable bonds is 2. The van der Waals surface area contributed by atoms with E-state index < -0.39 is 0 Å². The Balaban J connectivity index is 1.90. The van der Waals surface area contributed by atoms with Crippen molar-refractivity contribution in [3.05, 3.63) is 0 Å². The summed E-state index contributed by atoms with van der Waals surface area (Å²) in [4.78, 5) is 5.02. The van der Waals surface area contributed by atoms with Gasteiger partial charge in [-0.05, 0) is 20.0 Å². The quantitative estimate of drug-likeness (QED) is 0.642. The smallest absolute Gasteiger partial charge is 0.0346 e. The van der Waals surface area contributed by atoms with Gasteiger partial charge in [-0.2, -0.15) is 0 Å². The molecule has 2 atom stereocenters. The van der Waals surface area contributed by atoms with Gasteiger partial charge < -0.3 is 10.2 Å². The third kappa shape index (κ3) is 1.73. The summed E-state index contributed by atoms with van der Waals surface area (Å²) in [5.41, 5.74) is 0. The molecule has 0 bridgehead atoms. The lowest BCUT2D eigenvalue weighted by Crippen LogP contribution is -2.56. The minimum atomic E-state index is 0.764. The van der Waals surface area contributed by atoms with Crippen LogP contribution in [0.15, 0.2) is 0 Å². The van der Waals surface area contributed by atoms with Gasteiger partial charge in [0.2, 0.25) is 0 Å². The number of hydrogen-bond acceptors (Lipinski definition) is 3. The van der Waals surface area contributed by atoms with Crippen LogP contribution in [-0.4, -0.2) is 62.2 Å². The van der Waals surface area contributed by atoms with Crippen LogP contribution in [0.5, 0.6) is 0 Å². The van der Waals surface area contributed by atoms with Gasteiger partial charge in [0.05, 0.1) is 0 Å². The van der Waals surface area contributed by atoms with Crippen molar-refractivity contribution in [3.63, 3.8) is 0 Å². The normalized spacial score (nSPS) is 36.9. The minimum absolute atomic E-state index is 0.764. The van der Waals surface area contributed by atoms with Crippen LogP contribution in [0.25, 0.3) is 0 Å². The SMILES string of the molecule is CC1CN(C2CNC2)CC1N(C)C. The van der Waals surface area contributed by atoms with Crippen LogP contribution >= 0.6 is 0 Å². The first-order valence-electron chi connectivity index (χ1n) is 5.29. The highest BCUT2D eigenvalue weighted by atomic mass is 15.3. The van der Waals surface area contributed by atoms with Crippen molar-refractivity contribution in [2.24, 2.45) is 5.92 Å². The fourth-order valence-corrected chi connectivity index (χ4v) is 2.49. The first-order chi connectivity index (χ1) is 6.18. The number of hydrogen-bond donors (Lipinski definition) is 1. The molecular weight excluding hydrogens is 162 g/mol. The molecule has 76 valence electrons. The number of likely N-dealkylation sites (tertiary alicyclic amines) is 1. The molecule has 3 nitrogen and oxygen atoms in total. The summed E-state index contributed by atoms with van der Waals surface area (Å²) < 4.78 is 0. The fourth-order valence-electron chi connectivity index (χ4n) is 2.49. The Morgan fingerprint density at radius 3 is 2.31 bits per heavy atom. The average molecular weight is 183 g/mol. The third-order valence-electron chi connectivity index (χ3n) is 3.54. The molecule has 1 N–H and O–H groups in total. The second kappa shape index (κ2) is 3.56. The van der Waals surface area contributed by atoms with E-state index in [1.54, 1.807) is 0 Å². The molecule has 2 heterocycles. The van der Waals surface area contributed by atoms with E-state index in [1.807, 2.05) is 0 Å². The highest BCUT2D eigenvalue weighted by Gasteiger charge is 2.36. The molecule has 2 aliphatic heterocycles. The third-order valence-corrected chi connectivity index (χ3v) is 3.54. The Bertz CT molecular complexity index is 177. The van der Waals surface area contributed by atoms with Crippen molar-refractivity contribution in [3.8, 4) is 0 Å². The highest BCUT2D eigenvalue weighted by molar-refractivity contribution is 4.94. The predicted molar refractivity (Wildman–Crippen MR) is 54.9 cm³/mol. The van der Waals surface area contributed by atoms with Crippen molar-refractivity contribution in [2.75, 3.05) is 40.3 Å². The van der Waals surface area contributed by atoms with Crippen molar-refractivity contribution in [1.82, 2.24) is 15.1 Å². The van der Waals surface area contributed by atoms with E-state index in [-0.39, 0.29) is 0 Å². The van der Waals surface area contributed by atoms with Crippen molar-refractivity contribution in [2.45, 2.75) is 19.0 Å². The van der Waals surface area contributed by atoms with Gasteiger partial charge in [-0.1, -0.05) is 6.92 Å². The molecule has 0 aromatic heterocycles. The molecule has 3 heteroatoms. The van der Waals surface area contributed by atoms with Crippen molar-refractivity contribution < 1.29 is 0 Å². The average Bonchev–Trinajstić information content (AvgIpc) is 2.27. The number of nitrogens with zero attached hydrogens (tertiary/aromatic N) is 2. The molecule has 0 spiro atoms. The van der Waals surface area contributed by atoms with Crippen molar-refractivity contribution in [1.29, 1.82) is 0 Å². The molecule has 13 heavy (non-hydrogen) atoms. The summed E-state index contributed by atoms with van der Waals surface area (Å²) in [5.74, 6) is 0.829. The molecule has 2 aliphatic rings. The lowest BCUT2D eigenvalue weighted by atomic mass is 10.1. The lowest BCUT2D eigenvalue weighted by molar-refractivity contribution is 0.165. The van der Waals surface area contributed by atoms with Gasteiger partial charge in [-0.3, -0.25) is 4.90 Å². The maximum Gasteiger partial charge on any atom is 0.0346 e. The van der Waals surface area contributed by atoms with Crippen LogP contribution in [-0.2, 0) is 0 Å². The molecule has 0 amide bonds. The van der Waals surface area contributed by atoms with Gasteiger partial charge in [0.1, 0.15) is 0 Å². The monoisotopic (exact) mass is 183 g/mol. The second-order valence-electron chi connectivity index (χ2n) is 4.77. The zero-order valence-electron chi connectivity index (χ0n) is 8.95. The van der Waals surface area contributed by atoms with E-state index in [9.17, 15) is 0 Å². The summed E-state index contributed by atoms with van der Waals surface area (Å²) in [5, 5.41) is 3.34.